The highest BCUT2D eigenvalue weighted by atomic mass is 32.2. The molecule has 15 heteroatoms. The van der Waals surface area contributed by atoms with Crippen LogP contribution in [-0.2, 0) is 23.0 Å². The molecule has 0 unspecified atom stereocenters. The van der Waals surface area contributed by atoms with E-state index in [1.54, 1.807) is 6.07 Å². The Morgan fingerprint density at radius 3 is 2.29 bits per heavy atom. The smallest absolute Gasteiger partial charge is 0.487 e. The Hall–Kier alpha value is -3.85. The molecule has 2 N–H and O–H groups in total. The van der Waals surface area contributed by atoms with Crippen LogP contribution in [0.1, 0.15) is 11.1 Å². The standard InChI is InChI=1S/C27H22F8N2O4S/c28-19-4-9-23-18(10-11-36-14-17-2-1-3-21(12-17)40-16-26(31,32)25(29)30)15-37(24(23)13-19)42(38,39)22-7-5-20(6-8-22)41-27(33,34)35/h1-9,12-13,15,25,36H,10-11,14,16H2/p+1. The average molecular weight is 624 g/mol. The molecular weight excluding hydrogens is 600 g/mol. The SMILES string of the molecule is O=S(=O)(c1ccc(OC(F)(F)F)cc1)n1cc(CC[NH2+]Cc2cccc(OCC(F)(F)C(F)F)c2)c2ccc(F)cc21. The molecule has 0 aliphatic heterocycles. The molecule has 3 aromatic carbocycles. The van der Waals surface area contributed by atoms with Crippen molar-refractivity contribution in [3.05, 3.63) is 89.9 Å². The molecule has 0 bridgehead atoms. The lowest BCUT2D eigenvalue weighted by atomic mass is 10.1. The number of aromatic nitrogens is 1. The third-order valence-electron chi connectivity index (χ3n) is 6.08. The summed E-state index contributed by atoms with van der Waals surface area (Å²) in [6, 6.07) is 13.2. The maximum atomic E-state index is 14.1. The van der Waals surface area contributed by atoms with E-state index in [0.29, 0.717) is 36.0 Å². The molecule has 6 nitrogen and oxygen atoms in total. The minimum absolute atomic E-state index is 0.00506. The number of nitrogens with two attached hydrogens (primary N) is 1. The highest BCUT2D eigenvalue weighted by molar-refractivity contribution is 7.90. The number of hydrogen-bond donors (Lipinski definition) is 1. The zero-order valence-corrected chi connectivity index (χ0v) is 22.2. The van der Waals surface area contributed by atoms with Gasteiger partial charge in [0.1, 0.15) is 23.9 Å². The molecule has 42 heavy (non-hydrogen) atoms. The number of quaternary nitrogens is 1. The van der Waals surface area contributed by atoms with Crippen molar-refractivity contribution >= 4 is 20.9 Å². The minimum Gasteiger partial charge on any atom is -0.487 e. The van der Waals surface area contributed by atoms with Crippen molar-refractivity contribution in [3.63, 3.8) is 0 Å². The fraction of sp³-hybridized carbons (Fsp3) is 0.259. The molecule has 0 radical (unpaired) electrons. The maximum absolute atomic E-state index is 14.1. The maximum Gasteiger partial charge on any atom is 0.573 e. The molecule has 0 spiro atoms. The summed E-state index contributed by atoms with van der Waals surface area (Å²) in [7, 11) is -4.33. The number of nitrogens with zero attached hydrogens (tertiary/aromatic N) is 1. The molecule has 4 aromatic rings. The van der Waals surface area contributed by atoms with E-state index in [4.69, 9.17) is 4.74 Å². The lowest BCUT2D eigenvalue weighted by Gasteiger charge is -2.16. The van der Waals surface area contributed by atoms with Gasteiger partial charge in [-0.25, -0.2) is 25.6 Å². The lowest BCUT2D eigenvalue weighted by Crippen LogP contribution is -2.83. The largest absolute Gasteiger partial charge is 0.573 e. The van der Waals surface area contributed by atoms with Gasteiger partial charge in [-0.05, 0) is 60.2 Å². The van der Waals surface area contributed by atoms with Crippen molar-refractivity contribution in [3.8, 4) is 11.5 Å². The molecule has 0 aliphatic rings. The summed E-state index contributed by atoms with van der Waals surface area (Å²) in [6.45, 7) is -0.716. The molecule has 0 fully saturated rings. The van der Waals surface area contributed by atoms with Gasteiger partial charge in [0.15, 0.2) is 6.61 Å². The Labute approximate surface area is 234 Å². The van der Waals surface area contributed by atoms with Gasteiger partial charge in [-0.3, -0.25) is 0 Å². The number of fused-ring (bicyclic) bond motifs is 1. The van der Waals surface area contributed by atoms with Gasteiger partial charge in [0, 0.05) is 23.6 Å². The fourth-order valence-corrected chi connectivity index (χ4v) is 5.48. The first-order valence-electron chi connectivity index (χ1n) is 12.3. The minimum atomic E-state index is -4.95. The van der Waals surface area contributed by atoms with Crippen molar-refractivity contribution in [1.82, 2.24) is 3.97 Å². The molecule has 0 amide bonds. The second kappa shape index (κ2) is 12.2. The monoisotopic (exact) mass is 623 g/mol. The number of halogens is 8. The first-order valence-corrected chi connectivity index (χ1v) is 13.7. The average Bonchev–Trinajstić information content (AvgIpc) is 3.28. The number of ether oxygens (including phenoxy) is 2. The molecule has 0 aliphatic carbocycles. The highest BCUT2D eigenvalue weighted by Crippen LogP contribution is 2.29. The predicted octanol–water partition coefficient (Wildman–Crippen LogP) is 5.50. The van der Waals surface area contributed by atoms with E-state index < -0.39 is 46.9 Å². The van der Waals surface area contributed by atoms with Crippen LogP contribution in [-0.4, -0.2) is 44.3 Å². The van der Waals surface area contributed by atoms with E-state index in [9.17, 15) is 43.5 Å². The van der Waals surface area contributed by atoms with Crippen LogP contribution in [0.2, 0.25) is 0 Å². The Balaban J connectivity index is 1.46. The predicted molar refractivity (Wildman–Crippen MR) is 135 cm³/mol. The Morgan fingerprint density at radius 2 is 1.62 bits per heavy atom. The van der Waals surface area contributed by atoms with E-state index in [2.05, 4.69) is 4.74 Å². The molecule has 0 saturated heterocycles. The zero-order chi connectivity index (χ0) is 30.7. The van der Waals surface area contributed by atoms with Gasteiger partial charge < -0.3 is 14.8 Å². The van der Waals surface area contributed by atoms with Crippen LogP contribution < -0.4 is 14.8 Å². The van der Waals surface area contributed by atoms with Gasteiger partial charge in [0.2, 0.25) is 0 Å². The Morgan fingerprint density at radius 1 is 0.905 bits per heavy atom. The van der Waals surface area contributed by atoms with Crippen LogP contribution in [0.4, 0.5) is 35.1 Å². The number of alkyl halides is 7. The van der Waals surface area contributed by atoms with Crippen LogP contribution >= 0.6 is 0 Å². The summed E-state index contributed by atoms with van der Waals surface area (Å²) in [4.78, 5) is -0.343. The third-order valence-corrected chi connectivity index (χ3v) is 7.77. The summed E-state index contributed by atoms with van der Waals surface area (Å²) in [5.74, 6) is -5.60. The van der Waals surface area contributed by atoms with E-state index in [1.165, 1.54) is 36.5 Å². The van der Waals surface area contributed by atoms with E-state index in [0.717, 1.165) is 34.3 Å². The van der Waals surface area contributed by atoms with Gasteiger partial charge in [-0.15, -0.1) is 13.2 Å². The Bertz CT molecular complexity index is 1640. The van der Waals surface area contributed by atoms with Crippen molar-refractivity contribution < 1.29 is 58.3 Å². The van der Waals surface area contributed by atoms with Crippen molar-refractivity contribution in [2.45, 2.75) is 36.6 Å². The normalized spacial score (nSPS) is 12.7. The first kappa shape index (κ1) is 31.1. The van der Waals surface area contributed by atoms with Crippen molar-refractivity contribution in [2.75, 3.05) is 13.2 Å². The van der Waals surface area contributed by atoms with E-state index in [-0.39, 0.29) is 16.2 Å². The zero-order valence-electron chi connectivity index (χ0n) is 21.4. The number of benzene rings is 3. The summed E-state index contributed by atoms with van der Waals surface area (Å²) in [6.07, 6.45) is -7.18. The second-order valence-electron chi connectivity index (χ2n) is 9.17. The van der Waals surface area contributed by atoms with E-state index in [1.807, 2.05) is 5.32 Å². The van der Waals surface area contributed by atoms with Crippen LogP contribution in [0.5, 0.6) is 11.5 Å². The van der Waals surface area contributed by atoms with Gasteiger partial charge >= 0.3 is 18.7 Å². The van der Waals surface area contributed by atoms with E-state index >= 15 is 0 Å². The quantitative estimate of drug-likeness (QED) is 0.167. The topological polar surface area (TPSA) is 74.1 Å². The van der Waals surface area contributed by atoms with Gasteiger partial charge in [-0.2, -0.15) is 8.78 Å². The highest BCUT2D eigenvalue weighted by Gasteiger charge is 2.41. The van der Waals surface area contributed by atoms with Crippen LogP contribution in [0.15, 0.2) is 77.8 Å². The molecule has 1 heterocycles. The lowest BCUT2D eigenvalue weighted by molar-refractivity contribution is -0.670. The summed E-state index contributed by atoms with van der Waals surface area (Å²) in [5, 5.41) is 2.27. The van der Waals surface area contributed by atoms with Gasteiger partial charge in [0.25, 0.3) is 10.0 Å². The second-order valence-corrected chi connectivity index (χ2v) is 11.0. The molecule has 0 atom stereocenters. The van der Waals surface area contributed by atoms with Crippen molar-refractivity contribution in [2.24, 2.45) is 0 Å². The van der Waals surface area contributed by atoms with Crippen LogP contribution in [0, 0.1) is 5.82 Å². The number of hydrogen-bond acceptors (Lipinski definition) is 4. The van der Waals surface area contributed by atoms with Crippen LogP contribution in [0.25, 0.3) is 10.9 Å². The molecular formula is C27H23F8N2O4S+. The van der Waals surface area contributed by atoms with Crippen LogP contribution in [0.3, 0.4) is 0 Å². The van der Waals surface area contributed by atoms with Gasteiger partial charge in [-0.1, -0.05) is 12.1 Å². The Kier molecular flexibility index (Phi) is 9.01. The third kappa shape index (κ3) is 7.50. The molecule has 226 valence electrons. The fourth-order valence-electron chi connectivity index (χ4n) is 4.10. The molecule has 1 aromatic heterocycles. The van der Waals surface area contributed by atoms with Crippen molar-refractivity contribution in [1.29, 1.82) is 0 Å². The number of rotatable bonds is 12. The van der Waals surface area contributed by atoms with Gasteiger partial charge in [0.05, 0.1) is 17.0 Å². The first-order chi connectivity index (χ1) is 19.7. The summed E-state index contributed by atoms with van der Waals surface area (Å²) in [5.41, 5.74) is 1.23. The summed E-state index contributed by atoms with van der Waals surface area (Å²) < 4.78 is 139. The molecule has 0 saturated carbocycles. The summed E-state index contributed by atoms with van der Waals surface area (Å²) >= 11 is 0. The molecule has 4 rings (SSSR count).